The summed E-state index contributed by atoms with van der Waals surface area (Å²) >= 11 is 0. The number of piperidine rings is 1. The summed E-state index contributed by atoms with van der Waals surface area (Å²) in [4.78, 5) is 17.2. The van der Waals surface area contributed by atoms with Gasteiger partial charge in [0.15, 0.2) is 0 Å². The summed E-state index contributed by atoms with van der Waals surface area (Å²) in [5, 5.41) is 12.9. The van der Waals surface area contributed by atoms with Crippen LogP contribution in [0.5, 0.6) is 0 Å². The number of carbonyl (C=O) groups is 1. The molecule has 106 valence electrons. The molecule has 0 bridgehead atoms. The van der Waals surface area contributed by atoms with E-state index in [0.29, 0.717) is 12.3 Å². The molecule has 1 saturated heterocycles. The van der Waals surface area contributed by atoms with Crippen LogP contribution in [-0.4, -0.2) is 43.8 Å². The Hall–Kier alpha value is -1.43. The quantitative estimate of drug-likeness (QED) is 0.842. The van der Waals surface area contributed by atoms with E-state index in [0.717, 1.165) is 51.3 Å². The molecule has 0 unspecified atom stereocenters. The van der Waals surface area contributed by atoms with Crippen LogP contribution in [0.1, 0.15) is 38.4 Å². The highest BCUT2D eigenvalue weighted by Gasteiger charge is 2.20. The first kappa shape index (κ1) is 14.0. The van der Waals surface area contributed by atoms with E-state index in [1.54, 1.807) is 6.33 Å². The smallest absolute Gasteiger partial charge is 0.303 e. The van der Waals surface area contributed by atoms with Crippen LogP contribution in [0.15, 0.2) is 6.33 Å². The average molecular weight is 266 g/mol. The summed E-state index contributed by atoms with van der Waals surface area (Å²) in [7, 11) is 0. The summed E-state index contributed by atoms with van der Waals surface area (Å²) in [6, 6.07) is 0. The second-order valence-corrected chi connectivity index (χ2v) is 5.14. The fraction of sp³-hybridized carbons (Fsp3) is 0.769. The van der Waals surface area contributed by atoms with E-state index >= 15 is 0 Å². The first-order valence-electron chi connectivity index (χ1n) is 7.00. The zero-order chi connectivity index (χ0) is 13.7. The summed E-state index contributed by atoms with van der Waals surface area (Å²) in [6.45, 7) is 5.82. The minimum atomic E-state index is -0.682. The Morgan fingerprint density at radius 1 is 1.47 bits per heavy atom. The van der Waals surface area contributed by atoms with Crippen molar-refractivity contribution in [1.82, 2.24) is 19.7 Å². The maximum absolute atomic E-state index is 10.6. The fourth-order valence-corrected chi connectivity index (χ4v) is 2.64. The maximum atomic E-state index is 10.6. The van der Waals surface area contributed by atoms with E-state index < -0.39 is 5.97 Å². The highest BCUT2D eigenvalue weighted by molar-refractivity contribution is 5.66. The van der Waals surface area contributed by atoms with E-state index in [4.69, 9.17) is 5.11 Å². The van der Waals surface area contributed by atoms with Crippen molar-refractivity contribution in [1.29, 1.82) is 0 Å². The van der Waals surface area contributed by atoms with Gasteiger partial charge in [-0.3, -0.25) is 9.69 Å². The highest BCUT2D eigenvalue weighted by atomic mass is 16.4. The van der Waals surface area contributed by atoms with E-state index in [-0.39, 0.29) is 0 Å². The number of aryl methyl sites for hydroxylation is 1. The summed E-state index contributed by atoms with van der Waals surface area (Å²) < 4.78 is 1.93. The molecular formula is C13H22N4O2. The number of nitrogens with zero attached hydrogens (tertiary/aromatic N) is 4. The van der Waals surface area contributed by atoms with Crippen molar-refractivity contribution >= 4 is 5.97 Å². The predicted octanol–water partition coefficient (Wildman–Crippen LogP) is 1.37. The lowest BCUT2D eigenvalue weighted by Crippen LogP contribution is -2.34. The molecule has 1 aliphatic heterocycles. The molecule has 0 aromatic carbocycles. The van der Waals surface area contributed by atoms with Crippen molar-refractivity contribution in [3.8, 4) is 0 Å². The Labute approximate surface area is 113 Å². The number of carboxylic acid groups (broad SMARTS) is 1. The van der Waals surface area contributed by atoms with Crippen LogP contribution < -0.4 is 0 Å². The largest absolute Gasteiger partial charge is 0.481 e. The number of aromatic nitrogens is 3. The van der Waals surface area contributed by atoms with Crippen LogP contribution in [0.4, 0.5) is 0 Å². The van der Waals surface area contributed by atoms with Gasteiger partial charge in [-0.05, 0) is 45.2 Å². The van der Waals surface area contributed by atoms with Gasteiger partial charge in [0.2, 0.25) is 0 Å². The fourth-order valence-electron chi connectivity index (χ4n) is 2.64. The Kier molecular flexibility index (Phi) is 4.90. The molecule has 1 aromatic heterocycles. The van der Waals surface area contributed by atoms with Gasteiger partial charge in [0.25, 0.3) is 0 Å². The van der Waals surface area contributed by atoms with Gasteiger partial charge in [-0.15, -0.1) is 0 Å². The lowest BCUT2D eigenvalue weighted by atomic mass is 9.92. The molecule has 0 spiro atoms. The zero-order valence-electron chi connectivity index (χ0n) is 11.5. The molecule has 0 saturated carbocycles. The Bertz CT molecular complexity index is 411. The molecule has 1 aromatic rings. The summed E-state index contributed by atoms with van der Waals surface area (Å²) in [5.74, 6) is 0.904. The minimum absolute atomic E-state index is 0.300. The van der Waals surface area contributed by atoms with Crippen molar-refractivity contribution in [3.05, 3.63) is 12.2 Å². The van der Waals surface area contributed by atoms with Crippen molar-refractivity contribution in [2.45, 2.75) is 45.7 Å². The lowest BCUT2D eigenvalue weighted by molar-refractivity contribution is -0.137. The molecular weight excluding hydrogens is 244 g/mol. The van der Waals surface area contributed by atoms with Crippen LogP contribution in [0.3, 0.4) is 0 Å². The molecule has 1 fully saturated rings. The molecule has 0 amide bonds. The van der Waals surface area contributed by atoms with Gasteiger partial charge >= 0.3 is 5.97 Å². The minimum Gasteiger partial charge on any atom is -0.481 e. The topological polar surface area (TPSA) is 71.2 Å². The van der Waals surface area contributed by atoms with E-state index in [1.165, 1.54) is 0 Å². The molecule has 2 rings (SSSR count). The van der Waals surface area contributed by atoms with Crippen LogP contribution in [-0.2, 0) is 17.9 Å². The summed E-state index contributed by atoms with van der Waals surface area (Å²) in [5.41, 5.74) is 0. The first-order valence-corrected chi connectivity index (χ1v) is 7.00. The highest BCUT2D eigenvalue weighted by Crippen LogP contribution is 2.22. The van der Waals surface area contributed by atoms with E-state index in [2.05, 4.69) is 21.9 Å². The average Bonchev–Trinajstić information content (AvgIpc) is 2.85. The van der Waals surface area contributed by atoms with Gasteiger partial charge in [0.1, 0.15) is 12.2 Å². The number of rotatable bonds is 6. The van der Waals surface area contributed by atoms with Crippen LogP contribution in [0.25, 0.3) is 0 Å². The van der Waals surface area contributed by atoms with Crippen molar-refractivity contribution in [2.24, 2.45) is 5.92 Å². The van der Waals surface area contributed by atoms with Gasteiger partial charge in [-0.2, -0.15) is 5.10 Å². The predicted molar refractivity (Wildman–Crippen MR) is 70.6 cm³/mol. The molecule has 1 N–H and O–H groups in total. The lowest BCUT2D eigenvalue weighted by Gasteiger charge is -2.31. The molecule has 1 aliphatic rings. The monoisotopic (exact) mass is 266 g/mol. The van der Waals surface area contributed by atoms with Gasteiger partial charge in [0, 0.05) is 13.0 Å². The number of likely N-dealkylation sites (tertiary alicyclic amines) is 1. The first-order chi connectivity index (χ1) is 9.19. The second kappa shape index (κ2) is 6.65. The molecule has 0 atom stereocenters. The summed E-state index contributed by atoms with van der Waals surface area (Å²) in [6.07, 6.45) is 4.91. The molecule has 19 heavy (non-hydrogen) atoms. The zero-order valence-corrected chi connectivity index (χ0v) is 11.5. The van der Waals surface area contributed by atoms with E-state index in [1.807, 2.05) is 4.68 Å². The van der Waals surface area contributed by atoms with Gasteiger partial charge in [-0.1, -0.05) is 0 Å². The van der Waals surface area contributed by atoms with Gasteiger partial charge in [0.05, 0.1) is 6.54 Å². The third-order valence-corrected chi connectivity index (χ3v) is 3.83. The molecule has 0 radical (unpaired) electrons. The maximum Gasteiger partial charge on any atom is 0.303 e. The normalized spacial score (nSPS) is 17.7. The van der Waals surface area contributed by atoms with Crippen molar-refractivity contribution in [2.75, 3.05) is 13.1 Å². The van der Waals surface area contributed by atoms with Crippen LogP contribution in [0, 0.1) is 5.92 Å². The number of hydrogen-bond donors (Lipinski definition) is 1. The third-order valence-electron chi connectivity index (χ3n) is 3.83. The number of carboxylic acids is 1. The van der Waals surface area contributed by atoms with Crippen LogP contribution in [0.2, 0.25) is 0 Å². The molecule has 6 nitrogen and oxygen atoms in total. The Morgan fingerprint density at radius 2 is 2.21 bits per heavy atom. The second-order valence-electron chi connectivity index (χ2n) is 5.14. The molecule has 0 aliphatic carbocycles. The van der Waals surface area contributed by atoms with Gasteiger partial charge < -0.3 is 5.11 Å². The molecule has 6 heteroatoms. The standard InChI is InChI=1S/C13H22N4O2/c1-2-17-12(14-10-15-17)9-16-7-5-11(6-8-16)3-4-13(18)19/h10-11H,2-9H2,1H3,(H,18,19). The Balaban J connectivity index is 1.76. The number of hydrogen-bond acceptors (Lipinski definition) is 4. The SMILES string of the molecule is CCn1ncnc1CN1CCC(CCC(=O)O)CC1. The number of aliphatic carboxylic acids is 1. The van der Waals surface area contributed by atoms with Crippen molar-refractivity contribution in [3.63, 3.8) is 0 Å². The van der Waals surface area contributed by atoms with Crippen LogP contribution >= 0.6 is 0 Å². The van der Waals surface area contributed by atoms with Crippen molar-refractivity contribution < 1.29 is 9.90 Å². The Morgan fingerprint density at radius 3 is 2.84 bits per heavy atom. The van der Waals surface area contributed by atoms with Gasteiger partial charge in [-0.25, -0.2) is 9.67 Å². The third kappa shape index (κ3) is 4.02. The van der Waals surface area contributed by atoms with E-state index in [9.17, 15) is 4.79 Å². The molecule has 2 heterocycles.